The second-order valence-corrected chi connectivity index (χ2v) is 9.92. The second kappa shape index (κ2) is 8.95. The molecule has 0 bridgehead atoms. The van der Waals surface area contributed by atoms with Gasteiger partial charge in [0.2, 0.25) is 5.91 Å². The summed E-state index contributed by atoms with van der Waals surface area (Å²) < 4.78 is 20.8. The van der Waals surface area contributed by atoms with Crippen LogP contribution in [0, 0.1) is 0 Å². The number of amides is 1. The lowest BCUT2D eigenvalue weighted by molar-refractivity contribution is -0.194. The molecule has 1 amide bonds. The molecule has 2 aromatic heterocycles. The molecule has 4 aromatic rings. The Morgan fingerprint density at radius 3 is 2.41 bits per heavy atom. The fourth-order valence-corrected chi connectivity index (χ4v) is 5.19. The van der Waals surface area contributed by atoms with Gasteiger partial charge in [-0.15, -0.1) is 0 Å². The Balaban J connectivity index is 1.44. The van der Waals surface area contributed by atoms with Crippen LogP contribution in [-0.2, 0) is 19.0 Å². The molecule has 2 saturated heterocycles. The highest BCUT2D eigenvalue weighted by atomic mass is 16.8. The molecule has 6 rings (SSSR count). The van der Waals surface area contributed by atoms with Crippen molar-refractivity contribution in [3.63, 3.8) is 0 Å². The normalized spacial score (nSPS) is 24.2. The van der Waals surface area contributed by atoms with Crippen LogP contribution in [0.15, 0.2) is 67.1 Å². The third-order valence-electron chi connectivity index (χ3n) is 6.70. The van der Waals surface area contributed by atoms with E-state index in [0.29, 0.717) is 5.82 Å². The lowest BCUT2D eigenvalue weighted by Gasteiger charge is -2.24. The largest absolute Gasteiger partial charge is 0.349 e. The molecule has 9 nitrogen and oxygen atoms in total. The Hall–Kier alpha value is -3.79. The van der Waals surface area contributed by atoms with Gasteiger partial charge in [0.1, 0.15) is 30.0 Å². The number of fused-ring (bicyclic) bond motifs is 2. The number of nitrogens with zero attached hydrogens (tertiary/aromatic N) is 3. The van der Waals surface area contributed by atoms with Crippen LogP contribution in [0.2, 0.25) is 0 Å². The van der Waals surface area contributed by atoms with Gasteiger partial charge < -0.3 is 29.4 Å². The van der Waals surface area contributed by atoms with Gasteiger partial charge in [0.25, 0.3) is 0 Å². The lowest BCUT2D eigenvalue weighted by atomic mass is 10.1. The Kier molecular flexibility index (Phi) is 5.71. The number of hydrogen-bond acceptors (Lipinski definition) is 7. The van der Waals surface area contributed by atoms with Crippen LogP contribution in [0.5, 0.6) is 0 Å². The predicted molar refractivity (Wildman–Crippen MR) is 140 cm³/mol. The smallest absolute Gasteiger partial charge is 0.221 e. The molecule has 0 aliphatic carbocycles. The Morgan fingerprint density at radius 1 is 0.973 bits per heavy atom. The summed E-state index contributed by atoms with van der Waals surface area (Å²) in [6, 6.07) is 17.6. The van der Waals surface area contributed by atoms with E-state index in [0.717, 1.165) is 33.5 Å². The maximum atomic E-state index is 11.4. The molecule has 0 spiro atoms. The minimum atomic E-state index is -0.679. The van der Waals surface area contributed by atoms with Crippen LogP contribution in [0.1, 0.15) is 33.9 Å². The van der Waals surface area contributed by atoms with Crippen LogP contribution < -0.4 is 10.6 Å². The molecule has 190 valence electrons. The molecule has 2 N–H and O–H groups in total. The summed E-state index contributed by atoms with van der Waals surface area (Å²) in [5.41, 5.74) is 4.31. The van der Waals surface area contributed by atoms with Crippen LogP contribution in [0.25, 0.3) is 22.2 Å². The van der Waals surface area contributed by atoms with Crippen molar-refractivity contribution < 1.29 is 19.0 Å². The Labute approximate surface area is 214 Å². The zero-order chi connectivity index (χ0) is 25.7. The van der Waals surface area contributed by atoms with Crippen LogP contribution in [0.3, 0.4) is 0 Å². The molecule has 4 heterocycles. The number of nitrogens with one attached hydrogen (secondary N) is 2. The number of carbonyl (C=O) groups is 1. The van der Waals surface area contributed by atoms with Crippen molar-refractivity contribution >= 4 is 34.1 Å². The summed E-state index contributed by atoms with van der Waals surface area (Å²) in [4.78, 5) is 20.7. The topological polar surface area (TPSA) is 99.5 Å². The van der Waals surface area contributed by atoms with Crippen molar-refractivity contribution in [2.24, 2.45) is 0 Å². The minimum absolute atomic E-state index is 0.113. The highest BCUT2D eigenvalue weighted by Crippen LogP contribution is 2.45. The highest BCUT2D eigenvalue weighted by Gasteiger charge is 2.54. The van der Waals surface area contributed by atoms with Crippen molar-refractivity contribution in [1.82, 2.24) is 14.5 Å². The van der Waals surface area contributed by atoms with Gasteiger partial charge >= 0.3 is 0 Å². The number of hydrogen-bond donors (Lipinski definition) is 2. The van der Waals surface area contributed by atoms with E-state index >= 15 is 0 Å². The minimum Gasteiger partial charge on any atom is -0.349 e. The first-order valence-corrected chi connectivity index (χ1v) is 12.4. The van der Waals surface area contributed by atoms with E-state index in [1.54, 1.807) is 6.33 Å². The first kappa shape index (κ1) is 23.6. The predicted octanol–water partition coefficient (Wildman–Crippen LogP) is 5.24. The van der Waals surface area contributed by atoms with Crippen molar-refractivity contribution in [2.75, 3.05) is 10.6 Å². The number of aromatic nitrogens is 3. The SMILES string of the molecule is CC(=O)Nc1ccc(Nc2ncnc3c2c(-c2ccccc2)cn3[C@@H]2O[C@H](C)[C@H]3OC(C)(C)O[C@H]32)cc1. The summed E-state index contributed by atoms with van der Waals surface area (Å²) in [6.45, 7) is 7.36. The molecule has 2 aliphatic rings. The molecule has 4 atom stereocenters. The van der Waals surface area contributed by atoms with Crippen molar-refractivity contribution in [3.05, 3.63) is 67.1 Å². The number of rotatable bonds is 5. The first-order chi connectivity index (χ1) is 17.8. The monoisotopic (exact) mass is 499 g/mol. The number of carbonyl (C=O) groups excluding carboxylic acids is 1. The zero-order valence-corrected chi connectivity index (χ0v) is 21.1. The van der Waals surface area contributed by atoms with Gasteiger partial charge in [-0.25, -0.2) is 9.97 Å². The molecule has 37 heavy (non-hydrogen) atoms. The Morgan fingerprint density at radius 2 is 1.68 bits per heavy atom. The zero-order valence-electron chi connectivity index (χ0n) is 21.1. The summed E-state index contributed by atoms with van der Waals surface area (Å²) in [7, 11) is 0. The molecule has 0 saturated carbocycles. The second-order valence-electron chi connectivity index (χ2n) is 9.92. The number of benzene rings is 2. The maximum absolute atomic E-state index is 11.4. The van der Waals surface area contributed by atoms with E-state index in [1.165, 1.54) is 6.92 Å². The van der Waals surface area contributed by atoms with E-state index in [2.05, 4.69) is 38.9 Å². The van der Waals surface area contributed by atoms with Crippen molar-refractivity contribution in [3.8, 4) is 11.1 Å². The van der Waals surface area contributed by atoms with E-state index < -0.39 is 12.0 Å². The molecular formula is C28H29N5O4. The van der Waals surface area contributed by atoms with E-state index in [9.17, 15) is 4.79 Å². The molecule has 0 radical (unpaired) electrons. The lowest BCUT2D eigenvalue weighted by Crippen LogP contribution is -2.27. The highest BCUT2D eigenvalue weighted by molar-refractivity contribution is 6.02. The quantitative estimate of drug-likeness (QED) is 0.387. The number of ether oxygens (including phenoxy) is 3. The summed E-state index contributed by atoms with van der Waals surface area (Å²) >= 11 is 0. The van der Waals surface area contributed by atoms with Crippen molar-refractivity contribution in [1.29, 1.82) is 0 Å². The van der Waals surface area contributed by atoms with Gasteiger partial charge in [0, 0.05) is 30.1 Å². The maximum Gasteiger partial charge on any atom is 0.221 e. The molecule has 2 aromatic carbocycles. The van der Waals surface area contributed by atoms with Gasteiger partial charge in [-0.1, -0.05) is 30.3 Å². The van der Waals surface area contributed by atoms with Gasteiger partial charge in [-0.2, -0.15) is 0 Å². The standard InChI is InChI=1S/C28H29N5O4/c1-16-23-24(37-28(3,4)36-23)27(35-16)33-14-21(18-8-6-5-7-9-18)22-25(29-15-30-26(22)33)32-20-12-10-19(11-13-20)31-17(2)34/h5-16,23-24,27H,1-4H3,(H,31,34)(H,29,30,32)/t16-,23-,24-,27-/m1/s1. The third-order valence-corrected chi connectivity index (χ3v) is 6.70. The van der Waals surface area contributed by atoms with Crippen LogP contribution in [0.4, 0.5) is 17.2 Å². The molecule has 9 heteroatoms. The summed E-state index contributed by atoms with van der Waals surface area (Å²) in [5, 5.41) is 7.10. The molecule has 2 aliphatic heterocycles. The number of anilines is 3. The summed E-state index contributed by atoms with van der Waals surface area (Å²) in [5.74, 6) is -0.124. The first-order valence-electron chi connectivity index (χ1n) is 12.4. The van der Waals surface area contributed by atoms with Gasteiger partial charge in [0.05, 0.1) is 11.5 Å². The summed E-state index contributed by atoms with van der Waals surface area (Å²) in [6.07, 6.45) is 2.65. The molecule has 0 unspecified atom stereocenters. The van der Waals surface area contributed by atoms with Crippen LogP contribution in [-0.4, -0.2) is 44.5 Å². The van der Waals surface area contributed by atoms with Gasteiger partial charge in [-0.3, -0.25) is 4.79 Å². The fraction of sp³-hybridized carbons (Fsp3) is 0.321. The van der Waals surface area contributed by atoms with Gasteiger partial charge in [-0.05, 0) is 50.6 Å². The van der Waals surface area contributed by atoms with E-state index in [1.807, 2.05) is 67.8 Å². The van der Waals surface area contributed by atoms with Crippen LogP contribution >= 0.6 is 0 Å². The fourth-order valence-electron chi connectivity index (χ4n) is 5.19. The molecular weight excluding hydrogens is 470 g/mol. The van der Waals surface area contributed by atoms with Crippen molar-refractivity contribution in [2.45, 2.75) is 58.0 Å². The van der Waals surface area contributed by atoms with E-state index in [-0.39, 0.29) is 24.2 Å². The molecule has 2 fully saturated rings. The van der Waals surface area contributed by atoms with E-state index in [4.69, 9.17) is 14.2 Å². The van der Waals surface area contributed by atoms with Gasteiger partial charge in [0.15, 0.2) is 12.0 Å². The third kappa shape index (κ3) is 4.35. The Bertz CT molecular complexity index is 1450. The average Bonchev–Trinajstić information content (AvgIpc) is 3.50. The average molecular weight is 500 g/mol.